The zero-order valence-corrected chi connectivity index (χ0v) is 10.0. The first-order valence-corrected chi connectivity index (χ1v) is 5.41. The minimum absolute atomic E-state index is 0.0629. The highest BCUT2D eigenvalue weighted by atomic mass is 19.4. The molecule has 0 radical (unpaired) electrons. The number of halogens is 3. The van der Waals surface area contributed by atoms with E-state index in [1.54, 1.807) is 12.1 Å². The molecule has 0 saturated carbocycles. The molecule has 17 heavy (non-hydrogen) atoms. The fourth-order valence-corrected chi connectivity index (χ4v) is 1.21. The Bertz CT molecular complexity index is 363. The molecule has 0 spiro atoms. The van der Waals surface area contributed by atoms with E-state index in [0.29, 0.717) is 11.6 Å². The lowest BCUT2D eigenvalue weighted by Crippen LogP contribution is -2.23. The van der Waals surface area contributed by atoms with E-state index in [2.05, 4.69) is 10.1 Å². The molecular formula is C12H16F3NO. The minimum Gasteiger partial charge on any atom is -0.404 e. The van der Waals surface area contributed by atoms with Gasteiger partial charge in [-0.2, -0.15) is 0 Å². The fourth-order valence-electron chi connectivity index (χ4n) is 1.21. The molecule has 0 fully saturated rings. The molecule has 0 heterocycles. The summed E-state index contributed by atoms with van der Waals surface area (Å²) in [6.45, 7) is 5.89. The largest absolute Gasteiger partial charge is 0.573 e. The second-order valence-electron chi connectivity index (χ2n) is 4.22. The zero-order chi connectivity index (χ0) is 13.1. The van der Waals surface area contributed by atoms with Crippen molar-refractivity contribution >= 4 is 5.69 Å². The van der Waals surface area contributed by atoms with Gasteiger partial charge in [0.1, 0.15) is 0 Å². The first kappa shape index (κ1) is 13.7. The summed E-state index contributed by atoms with van der Waals surface area (Å²) in [5.74, 6) is 0.112. The van der Waals surface area contributed by atoms with Gasteiger partial charge in [0.15, 0.2) is 5.75 Å². The Hall–Kier alpha value is -1.39. The maximum atomic E-state index is 12.2. The standard InChI is InChI=1S/C12H16F3NO/c1-8(2)9(3)16-10-6-4-5-7-11(10)17-12(13,14)15/h4-9,16H,1-3H3. The van der Waals surface area contributed by atoms with E-state index < -0.39 is 6.36 Å². The molecule has 0 aliphatic rings. The summed E-state index contributed by atoms with van der Waals surface area (Å²) < 4.78 is 40.5. The highest BCUT2D eigenvalue weighted by Crippen LogP contribution is 2.30. The molecule has 0 aliphatic carbocycles. The van der Waals surface area contributed by atoms with Crippen molar-refractivity contribution < 1.29 is 17.9 Å². The number of alkyl halides is 3. The molecule has 1 unspecified atom stereocenters. The number of benzene rings is 1. The highest BCUT2D eigenvalue weighted by Gasteiger charge is 2.32. The molecule has 96 valence electrons. The molecule has 1 aromatic carbocycles. The van der Waals surface area contributed by atoms with Crippen LogP contribution in [0, 0.1) is 5.92 Å². The lowest BCUT2D eigenvalue weighted by molar-refractivity contribution is -0.274. The van der Waals surface area contributed by atoms with Crippen LogP contribution >= 0.6 is 0 Å². The summed E-state index contributed by atoms with van der Waals surface area (Å²) >= 11 is 0. The molecule has 1 aromatic rings. The Morgan fingerprint density at radius 3 is 2.24 bits per heavy atom. The first-order valence-electron chi connectivity index (χ1n) is 5.41. The van der Waals surface area contributed by atoms with Gasteiger partial charge in [0.2, 0.25) is 0 Å². The summed E-state index contributed by atoms with van der Waals surface area (Å²) in [4.78, 5) is 0. The monoisotopic (exact) mass is 247 g/mol. The predicted octanol–water partition coefficient (Wildman–Crippen LogP) is 4.04. The Kier molecular flexibility index (Phi) is 4.26. The number of nitrogens with one attached hydrogen (secondary N) is 1. The number of hydrogen-bond donors (Lipinski definition) is 1. The number of ether oxygens (including phenoxy) is 1. The van der Waals surface area contributed by atoms with Crippen LogP contribution in [0.5, 0.6) is 5.75 Å². The number of anilines is 1. The van der Waals surface area contributed by atoms with Crippen LogP contribution in [0.4, 0.5) is 18.9 Å². The van der Waals surface area contributed by atoms with E-state index in [4.69, 9.17) is 0 Å². The van der Waals surface area contributed by atoms with Crippen molar-refractivity contribution in [2.75, 3.05) is 5.32 Å². The lowest BCUT2D eigenvalue weighted by Gasteiger charge is -2.21. The minimum atomic E-state index is -4.67. The molecule has 2 nitrogen and oxygen atoms in total. The Labute approximate surface area is 98.8 Å². The normalized spacial score (nSPS) is 13.6. The van der Waals surface area contributed by atoms with Crippen LogP contribution < -0.4 is 10.1 Å². The van der Waals surface area contributed by atoms with Gasteiger partial charge >= 0.3 is 6.36 Å². The topological polar surface area (TPSA) is 21.3 Å². The maximum absolute atomic E-state index is 12.2. The SMILES string of the molecule is CC(C)C(C)Nc1ccccc1OC(F)(F)F. The summed E-state index contributed by atoms with van der Waals surface area (Å²) in [6.07, 6.45) is -4.67. The quantitative estimate of drug-likeness (QED) is 0.866. The van der Waals surface area contributed by atoms with Gasteiger partial charge in [-0.1, -0.05) is 26.0 Å². The van der Waals surface area contributed by atoms with Gasteiger partial charge in [-0.15, -0.1) is 13.2 Å². The summed E-state index contributed by atoms with van der Waals surface area (Å²) in [7, 11) is 0. The van der Waals surface area contributed by atoms with Crippen LogP contribution in [-0.2, 0) is 0 Å². The molecule has 0 bridgehead atoms. The molecule has 1 rings (SSSR count). The average molecular weight is 247 g/mol. The van der Waals surface area contributed by atoms with Crippen LogP contribution in [0.1, 0.15) is 20.8 Å². The summed E-state index contributed by atoms with van der Waals surface area (Å²) in [5, 5.41) is 3.01. The van der Waals surface area contributed by atoms with E-state index in [1.165, 1.54) is 12.1 Å². The number of para-hydroxylation sites is 2. The van der Waals surface area contributed by atoms with Gasteiger partial charge in [0, 0.05) is 6.04 Å². The summed E-state index contributed by atoms with van der Waals surface area (Å²) in [5.41, 5.74) is 0.353. The van der Waals surface area contributed by atoms with Crippen LogP contribution in [0.3, 0.4) is 0 Å². The van der Waals surface area contributed by atoms with Gasteiger partial charge in [0.25, 0.3) is 0 Å². The third kappa shape index (κ3) is 4.54. The Morgan fingerprint density at radius 2 is 1.71 bits per heavy atom. The Morgan fingerprint density at radius 1 is 1.12 bits per heavy atom. The van der Waals surface area contributed by atoms with Crippen molar-refractivity contribution in [3.8, 4) is 5.75 Å². The predicted molar refractivity (Wildman–Crippen MR) is 61.0 cm³/mol. The molecule has 1 atom stereocenters. The Balaban J connectivity index is 2.85. The second kappa shape index (κ2) is 5.29. The third-order valence-corrected chi connectivity index (χ3v) is 2.50. The van der Waals surface area contributed by atoms with E-state index in [-0.39, 0.29) is 11.8 Å². The van der Waals surface area contributed by atoms with Gasteiger partial charge < -0.3 is 10.1 Å². The van der Waals surface area contributed by atoms with Crippen molar-refractivity contribution in [2.24, 2.45) is 5.92 Å². The molecule has 5 heteroatoms. The van der Waals surface area contributed by atoms with Gasteiger partial charge in [-0.05, 0) is 25.0 Å². The van der Waals surface area contributed by atoms with Gasteiger partial charge in [0.05, 0.1) is 5.69 Å². The average Bonchev–Trinajstić information content (AvgIpc) is 2.18. The van der Waals surface area contributed by atoms with E-state index in [1.807, 2.05) is 20.8 Å². The number of hydrogen-bond acceptors (Lipinski definition) is 2. The van der Waals surface area contributed by atoms with E-state index in [9.17, 15) is 13.2 Å². The van der Waals surface area contributed by atoms with Crippen LogP contribution in [0.15, 0.2) is 24.3 Å². The van der Waals surface area contributed by atoms with Crippen LogP contribution in [-0.4, -0.2) is 12.4 Å². The third-order valence-electron chi connectivity index (χ3n) is 2.50. The molecule has 0 aliphatic heterocycles. The van der Waals surface area contributed by atoms with E-state index in [0.717, 1.165) is 0 Å². The van der Waals surface area contributed by atoms with Crippen LogP contribution in [0.25, 0.3) is 0 Å². The fraction of sp³-hybridized carbons (Fsp3) is 0.500. The summed E-state index contributed by atoms with van der Waals surface area (Å²) in [6, 6.07) is 6.10. The smallest absolute Gasteiger partial charge is 0.404 e. The van der Waals surface area contributed by atoms with Gasteiger partial charge in [-0.25, -0.2) is 0 Å². The molecule has 0 aromatic heterocycles. The molecule has 0 amide bonds. The van der Waals surface area contributed by atoms with Crippen molar-refractivity contribution in [1.82, 2.24) is 0 Å². The second-order valence-corrected chi connectivity index (χ2v) is 4.22. The van der Waals surface area contributed by atoms with Crippen LogP contribution in [0.2, 0.25) is 0 Å². The molecular weight excluding hydrogens is 231 g/mol. The van der Waals surface area contributed by atoms with Crippen molar-refractivity contribution in [1.29, 1.82) is 0 Å². The lowest BCUT2D eigenvalue weighted by atomic mass is 10.1. The highest BCUT2D eigenvalue weighted by molar-refractivity contribution is 5.56. The van der Waals surface area contributed by atoms with E-state index >= 15 is 0 Å². The molecule has 1 N–H and O–H groups in total. The van der Waals surface area contributed by atoms with Crippen molar-refractivity contribution in [3.63, 3.8) is 0 Å². The van der Waals surface area contributed by atoms with Crippen molar-refractivity contribution in [2.45, 2.75) is 33.2 Å². The maximum Gasteiger partial charge on any atom is 0.573 e. The number of rotatable bonds is 4. The zero-order valence-electron chi connectivity index (χ0n) is 10.0. The van der Waals surface area contributed by atoms with Crippen molar-refractivity contribution in [3.05, 3.63) is 24.3 Å². The first-order chi connectivity index (χ1) is 7.79. The van der Waals surface area contributed by atoms with Gasteiger partial charge in [-0.3, -0.25) is 0 Å². The molecule has 0 saturated heterocycles.